The lowest BCUT2D eigenvalue weighted by atomic mass is 10.2. The number of halogens is 1. The molecule has 1 heterocycles. The van der Waals surface area contributed by atoms with Crippen molar-refractivity contribution in [3.63, 3.8) is 0 Å². The van der Waals surface area contributed by atoms with Crippen LogP contribution in [0.4, 0.5) is 0 Å². The van der Waals surface area contributed by atoms with E-state index in [1.54, 1.807) is 48.8 Å². The Labute approximate surface area is 126 Å². The number of amidine groups is 1. The Morgan fingerprint density at radius 3 is 2.67 bits per heavy atom. The van der Waals surface area contributed by atoms with Gasteiger partial charge in [0, 0.05) is 29.1 Å². The smallest absolute Gasteiger partial charge is 0.358 e. The number of aromatic nitrogens is 1. The Morgan fingerprint density at radius 2 is 1.95 bits per heavy atom. The Kier molecular flexibility index (Phi) is 5.06. The predicted octanol–water partition coefficient (Wildman–Crippen LogP) is 2.61. The number of benzene rings is 1. The van der Waals surface area contributed by atoms with E-state index in [0.717, 1.165) is 0 Å². The lowest BCUT2D eigenvalue weighted by molar-refractivity contribution is -0.137. The van der Waals surface area contributed by atoms with Crippen LogP contribution in [0.2, 0.25) is 5.02 Å². The third kappa shape index (κ3) is 4.43. The summed E-state index contributed by atoms with van der Waals surface area (Å²) in [6.07, 6.45) is 5.90. The van der Waals surface area contributed by atoms with Gasteiger partial charge in [-0.2, -0.15) is 0 Å². The van der Waals surface area contributed by atoms with Crippen molar-refractivity contribution in [2.24, 2.45) is 10.9 Å². The molecule has 1 aromatic carbocycles. The second-order valence-electron chi connectivity index (χ2n) is 3.98. The van der Waals surface area contributed by atoms with Crippen LogP contribution in [0.1, 0.15) is 11.1 Å². The molecule has 0 bridgehead atoms. The highest BCUT2D eigenvalue weighted by atomic mass is 35.5. The molecule has 0 radical (unpaired) electrons. The van der Waals surface area contributed by atoms with Crippen molar-refractivity contribution < 1.29 is 9.63 Å². The number of oxime groups is 1. The zero-order valence-electron chi connectivity index (χ0n) is 10.9. The molecule has 1 aromatic heterocycles. The minimum atomic E-state index is -0.646. The molecule has 21 heavy (non-hydrogen) atoms. The first kappa shape index (κ1) is 14.7. The average Bonchev–Trinajstić information content (AvgIpc) is 2.52. The molecule has 0 aliphatic carbocycles. The Morgan fingerprint density at radius 1 is 1.24 bits per heavy atom. The molecule has 0 saturated carbocycles. The monoisotopic (exact) mass is 301 g/mol. The molecule has 2 aromatic rings. The van der Waals surface area contributed by atoms with E-state index >= 15 is 0 Å². The maximum atomic E-state index is 11.5. The molecule has 5 nitrogen and oxygen atoms in total. The first-order chi connectivity index (χ1) is 10.2. The summed E-state index contributed by atoms with van der Waals surface area (Å²) in [5.74, 6) is -0.552. The van der Waals surface area contributed by atoms with Crippen molar-refractivity contribution in [3.05, 3.63) is 71.0 Å². The van der Waals surface area contributed by atoms with Gasteiger partial charge in [-0.1, -0.05) is 35.0 Å². The molecule has 0 spiro atoms. The van der Waals surface area contributed by atoms with Crippen LogP contribution < -0.4 is 5.73 Å². The van der Waals surface area contributed by atoms with Crippen molar-refractivity contribution in [3.8, 4) is 0 Å². The number of carbonyl (C=O) groups excluding carboxylic acids is 1. The summed E-state index contributed by atoms with van der Waals surface area (Å²) in [6, 6.07) is 10.4. The van der Waals surface area contributed by atoms with Crippen LogP contribution in [0.15, 0.2) is 60.0 Å². The minimum Gasteiger partial charge on any atom is -0.380 e. The fourth-order valence-electron chi connectivity index (χ4n) is 1.47. The van der Waals surface area contributed by atoms with Crippen LogP contribution in [-0.2, 0) is 9.63 Å². The lowest BCUT2D eigenvalue weighted by Crippen LogP contribution is -2.14. The third-order valence-corrected chi connectivity index (χ3v) is 2.86. The number of nitrogens with zero attached hydrogens (tertiary/aromatic N) is 2. The molecule has 0 aliphatic rings. The van der Waals surface area contributed by atoms with Crippen molar-refractivity contribution in [1.29, 1.82) is 0 Å². The second kappa shape index (κ2) is 7.21. The maximum Gasteiger partial charge on any atom is 0.358 e. The van der Waals surface area contributed by atoms with Gasteiger partial charge in [0.05, 0.1) is 0 Å². The molecular formula is C15H12ClN3O2. The standard InChI is InChI=1S/C15H12ClN3O2/c16-13-4-2-1-3-11(13)5-6-14(20)21-19-15(17)12-7-9-18-10-8-12/h1-10H,(H2,17,19). The summed E-state index contributed by atoms with van der Waals surface area (Å²) in [5, 5.41) is 4.10. The van der Waals surface area contributed by atoms with Crippen molar-refractivity contribution >= 4 is 29.5 Å². The Bertz CT molecular complexity index is 684. The number of hydrogen-bond acceptors (Lipinski definition) is 4. The van der Waals surface area contributed by atoms with Crippen LogP contribution in [0.25, 0.3) is 6.08 Å². The minimum absolute atomic E-state index is 0.0943. The molecule has 0 fully saturated rings. The zero-order valence-corrected chi connectivity index (χ0v) is 11.7. The number of pyridine rings is 1. The predicted molar refractivity (Wildman–Crippen MR) is 81.5 cm³/mol. The summed E-state index contributed by atoms with van der Waals surface area (Å²) in [6.45, 7) is 0. The van der Waals surface area contributed by atoms with Gasteiger partial charge in [-0.15, -0.1) is 0 Å². The highest BCUT2D eigenvalue weighted by molar-refractivity contribution is 6.32. The van der Waals surface area contributed by atoms with Gasteiger partial charge in [0.15, 0.2) is 5.84 Å². The van der Waals surface area contributed by atoms with Gasteiger partial charge in [-0.05, 0) is 29.8 Å². The van der Waals surface area contributed by atoms with E-state index in [1.165, 1.54) is 6.08 Å². The van der Waals surface area contributed by atoms with E-state index in [-0.39, 0.29) is 5.84 Å². The van der Waals surface area contributed by atoms with Gasteiger partial charge in [-0.25, -0.2) is 4.79 Å². The molecule has 0 amide bonds. The molecule has 0 aliphatic heterocycles. The van der Waals surface area contributed by atoms with Crippen LogP contribution in [0, 0.1) is 0 Å². The van der Waals surface area contributed by atoms with Gasteiger partial charge < -0.3 is 10.6 Å². The summed E-state index contributed by atoms with van der Waals surface area (Å²) < 4.78 is 0. The zero-order chi connectivity index (χ0) is 15.1. The first-order valence-corrected chi connectivity index (χ1v) is 6.42. The normalized spacial score (nSPS) is 11.6. The largest absolute Gasteiger partial charge is 0.380 e. The van der Waals surface area contributed by atoms with E-state index in [1.807, 2.05) is 6.07 Å². The van der Waals surface area contributed by atoms with Gasteiger partial charge in [0.25, 0.3) is 0 Å². The molecule has 0 atom stereocenters. The second-order valence-corrected chi connectivity index (χ2v) is 4.38. The van der Waals surface area contributed by atoms with Gasteiger partial charge >= 0.3 is 5.97 Å². The Balaban J connectivity index is 1.98. The van der Waals surface area contributed by atoms with Crippen LogP contribution in [0.3, 0.4) is 0 Å². The number of rotatable bonds is 4. The fraction of sp³-hybridized carbons (Fsp3) is 0. The summed E-state index contributed by atoms with van der Waals surface area (Å²) in [5.41, 5.74) is 7.00. The molecule has 0 unspecified atom stereocenters. The first-order valence-electron chi connectivity index (χ1n) is 6.04. The molecule has 2 N–H and O–H groups in total. The fourth-order valence-corrected chi connectivity index (χ4v) is 1.67. The van der Waals surface area contributed by atoms with Gasteiger partial charge in [0.2, 0.25) is 0 Å². The van der Waals surface area contributed by atoms with Crippen molar-refractivity contribution in [2.75, 3.05) is 0 Å². The number of carbonyl (C=O) groups is 1. The van der Waals surface area contributed by atoms with Crippen LogP contribution in [0.5, 0.6) is 0 Å². The number of nitrogens with two attached hydrogens (primary N) is 1. The molecule has 6 heteroatoms. The van der Waals surface area contributed by atoms with E-state index < -0.39 is 5.97 Å². The quantitative estimate of drug-likeness (QED) is 0.309. The Hall–Kier alpha value is -2.66. The SMILES string of the molecule is NC(=NOC(=O)C=Cc1ccccc1Cl)c1ccncc1. The van der Waals surface area contributed by atoms with E-state index in [0.29, 0.717) is 16.1 Å². The van der Waals surface area contributed by atoms with Crippen molar-refractivity contribution in [1.82, 2.24) is 4.98 Å². The molecule has 2 rings (SSSR count). The lowest BCUT2D eigenvalue weighted by Gasteiger charge is -1.99. The van der Waals surface area contributed by atoms with Crippen molar-refractivity contribution in [2.45, 2.75) is 0 Å². The van der Waals surface area contributed by atoms with Crippen LogP contribution in [-0.4, -0.2) is 16.8 Å². The highest BCUT2D eigenvalue weighted by Crippen LogP contribution is 2.16. The molecular weight excluding hydrogens is 290 g/mol. The molecule has 0 saturated heterocycles. The van der Waals surface area contributed by atoms with E-state index in [4.69, 9.17) is 22.2 Å². The van der Waals surface area contributed by atoms with Gasteiger partial charge in [0.1, 0.15) is 0 Å². The third-order valence-electron chi connectivity index (χ3n) is 2.51. The van der Waals surface area contributed by atoms with Gasteiger partial charge in [-0.3, -0.25) is 4.98 Å². The summed E-state index contributed by atoms with van der Waals surface area (Å²) >= 11 is 5.96. The summed E-state index contributed by atoms with van der Waals surface area (Å²) in [7, 11) is 0. The molecule has 106 valence electrons. The average molecular weight is 302 g/mol. The number of hydrogen-bond donors (Lipinski definition) is 1. The van der Waals surface area contributed by atoms with Crippen LogP contribution >= 0.6 is 11.6 Å². The van der Waals surface area contributed by atoms with E-state index in [2.05, 4.69) is 10.1 Å². The maximum absolute atomic E-state index is 11.5. The van der Waals surface area contributed by atoms with E-state index in [9.17, 15) is 4.79 Å². The summed E-state index contributed by atoms with van der Waals surface area (Å²) in [4.78, 5) is 20.1. The topological polar surface area (TPSA) is 77.6 Å². The highest BCUT2D eigenvalue weighted by Gasteiger charge is 2.01.